The Morgan fingerprint density at radius 2 is 1.26 bits per heavy atom. The van der Waals surface area contributed by atoms with E-state index in [2.05, 4.69) is 100.0 Å². The van der Waals surface area contributed by atoms with Crippen molar-refractivity contribution in [1.82, 2.24) is 18.9 Å². The number of rotatable bonds is 1. The van der Waals surface area contributed by atoms with Crippen LogP contribution < -0.4 is 0 Å². The molecule has 8 aromatic rings. The predicted molar refractivity (Wildman–Crippen MR) is 140 cm³/mol. The van der Waals surface area contributed by atoms with Gasteiger partial charge >= 0.3 is 0 Å². The lowest BCUT2D eigenvalue weighted by atomic mass is 10.0. The van der Waals surface area contributed by atoms with Gasteiger partial charge in [0.2, 0.25) is 0 Å². The zero-order valence-corrected chi connectivity index (χ0v) is 18.2. The van der Waals surface area contributed by atoms with Gasteiger partial charge in [0, 0.05) is 33.4 Å². The van der Waals surface area contributed by atoms with Gasteiger partial charge in [0.05, 0.1) is 16.6 Å². The third-order valence-corrected chi connectivity index (χ3v) is 6.93. The van der Waals surface area contributed by atoms with Crippen molar-refractivity contribution >= 4 is 60.3 Å². The summed E-state index contributed by atoms with van der Waals surface area (Å²) in [4.78, 5) is 9.84. The molecule has 4 aromatic heterocycles. The van der Waals surface area contributed by atoms with E-state index in [4.69, 9.17) is 9.97 Å². The van der Waals surface area contributed by atoms with Gasteiger partial charge in [0.25, 0.3) is 0 Å². The lowest BCUT2D eigenvalue weighted by Crippen LogP contribution is -1.94. The molecule has 8 rings (SSSR count). The van der Waals surface area contributed by atoms with Gasteiger partial charge in [-0.1, -0.05) is 60.7 Å². The maximum atomic E-state index is 5.12. The molecule has 0 unspecified atom stereocenters. The summed E-state index contributed by atoms with van der Waals surface area (Å²) in [6, 6.07) is 36.3. The largest absolute Gasteiger partial charge is 0.309 e. The van der Waals surface area contributed by atoms with Crippen LogP contribution in [0.2, 0.25) is 0 Å². The van der Waals surface area contributed by atoms with Crippen LogP contribution >= 0.6 is 0 Å². The first-order valence-electron chi connectivity index (χ1n) is 11.5. The lowest BCUT2D eigenvalue weighted by Gasteiger charge is -2.11. The summed E-state index contributed by atoms with van der Waals surface area (Å²) >= 11 is 0. The Morgan fingerprint density at radius 1 is 0.500 bits per heavy atom. The molecule has 0 spiro atoms. The van der Waals surface area contributed by atoms with Gasteiger partial charge in [-0.05, 0) is 47.9 Å². The minimum atomic E-state index is 0.888. The average Bonchev–Trinajstić information content (AvgIpc) is 3.45. The van der Waals surface area contributed by atoms with Crippen molar-refractivity contribution in [3.63, 3.8) is 0 Å². The molecule has 0 amide bonds. The van der Waals surface area contributed by atoms with Crippen LogP contribution in [0, 0.1) is 0 Å². The first-order valence-corrected chi connectivity index (χ1v) is 11.5. The smallest absolute Gasteiger partial charge is 0.164 e. The minimum absolute atomic E-state index is 0.888. The minimum Gasteiger partial charge on any atom is -0.309 e. The molecule has 34 heavy (non-hydrogen) atoms. The normalized spacial score (nSPS) is 12.1. The summed E-state index contributed by atoms with van der Waals surface area (Å²) in [6.45, 7) is 0. The van der Waals surface area contributed by atoms with Gasteiger partial charge in [-0.25, -0.2) is 9.97 Å². The SMILES string of the molecule is c1ccc(-n2c3ccccc3c3c4c(ccc32)c2ccccc2n2c3ncccc3nc42)cc1. The van der Waals surface area contributed by atoms with Crippen LogP contribution in [0.25, 0.3) is 66.0 Å². The van der Waals surface area contributed by atoms with Crippen molar-refractivity contribution in [2.45, 2.75) is 0 Å². The molecule has 0 aliphatic heterocycles. The van der Waals surface area contributed by atoms with Crippen molar-refractivity contribution in [2.75, 3.05) is 0 Å². The quantitative estimate of drug-likeness (QED) is 0.254. The van der Waals surface area contributed by atoms with Crippen molar-refractivity contribution in [3.05, 3.63) is 109 Å². The fourth-order valence-corrected chi connectivity index (χ4v) is 5.58. The van der Waals surface area contributed by atoms with Crippen molar-refractivity contribution < 1.29 is 0 Å². The van der Waals surface area contributed by atoms with Crippen LogP contribution in [0.3, 0.4) is 0 Å². The van der Waals surface area contributed by atoms with Gasteiger partial charge in [-0.3, -0.25) is 4.40 Å². The highest BCUT2D eigenvalue weighted by Gasteiger charge is 2.20. The van der Waals surface area contributed by atoms with Crippen LogP contribution in [0.5, 0.6) is 0 Å². The molecule has 4 heteroatoms. The highest BCUT2D eigenvalue weighted by Crippen LogP contribution is 2.41. The molecule has 158 valence electrons. The Hall–Kier alpha value is -4.70. The maximum absolute atomic E-state index is 5.12. The lowest BCUT2D eigenvalue weighted by molar-refractivity contribution is 1.18. The number of imidazole rings is 1. The predicted octanol–water partition coefficient (Wildman–Crippen LogP) is 7.29. The van der Waals surface area contributed by atoms with E-state index in [1.807, 2.05) is 18.3 Å². The molecule has 0 bridgehead atoms. The van der Waals surface area contributed by atoms with E-state index in [0.29, 0.717) is 0 Å². The summed E-state index contributed by atoms with van der Waals surface area (Å²) in [7, 11) is 0. The summed E-state index contributed by atoms with van der Waals surface area (Å²) in [5, 5.41) is 6.03. The summed E-state index contributed by atoms with van der Waals surface area (Å²) in [6.07, 6.45) is 1.84. The highest BCUT2D eigenvalue weighted by atomic mass is 15.1. The molecule has 0 aliphatic carbocycles. The molecule has 0 fully saturated rings. The Labute approximate surface area is 194 Å². The molecular weight excluding hydrogens is 416 g/mol. The summed E-state index contributed by atoms with van der Waals surface area (Å²) in [5.41, 5.74) is 7.39. The zero-order chi connectivity index (χ0) is 22.2. The number of hydrogen-bond acceptors (Lipinski definition) is 2. The summed E-state index contributed by atoms with van der Waals surface area (Å²) in [5.74, 6) is 0. The van der Waals surface area contributed by atoms with Crippen LogP contribution in [-0.4, -0.2) is 18.9 Å². The van der Waals surface area contributed by atoms with E-state index >= 15 is 0 Å². The Kier molecular flexibility index (Phi) is 3.36. The number of para-hydroxylation sites is 3. The fraction of sp³-hybridized carbons (Fsp3) is 0. The topological polar surface area (TPSA) is 35.1 Å². The molecule has 4 nitrogen and oxygen atoms in total. The van der Waals surface area contributed by atoms with Crippen LogP contribution in [0.4, 0.5) is 0 Å². The van der Waals surface area contributed by atoms with Gasteiger partial charge in [-0.15, -0.1) is 0 Å². The molecule has 4 aromatic carbocycles. The molecule has 0 radical (unpaired) electrons. The Bertz CT molecular complexity index is 2060. The second-order valence-electron chi connectivity index (χ2n) is 8.70. The average molecular weight is 435 g/mol. The van der Waals surface area contributed by atoms with E-state index in [0.717, 1.165) is 28.0 Å². The van der Waals surface area contributed by atoms with E-state index in [9.17, 15) is 0 Å². The number of fused-ring (bicyclic) bond motifs is 12. The fourth-order valence-electron chi connectivity index (χ4n) is 5.58. The monoisotopic (exact) mass is 434 g/mol. The van der Waals surface area contributed by atoms with E-state index in [1.54, 1.807) is 0 Å². The number of aromatic nitrogens is 4. The third-order valence-electron chi connectivity index (χ3n) is 6.93. The molecule has 0 saturated heterocycles. The second-order valence-corrected chi connectivity index (χ2v) is 8.70. The van der Waals surface area contributed by atoms with Gasteiger partial charge in [0.15, 0.2) is 5.65 Å². The summed E-state index contributed by atoms with van der Waals surface area (Å²) < 4.78 is 4.58. The maximum Gasteiger partial charge on any atom is 0.164 e. The zero-order valence-electron chi connectivity index (χ0n) is 18.2. The Balaban J connectivity index is 1.73. The molecular formula is C30H18N4. The number of pyridine rings is 2. The highest BCUT2D eigenvalue weighted by molar-refractivity contribution is 6.29. The first kappa shape index (κ1) is 17.8. The standard InChI is InChI=1S/C30H18N4/c1-2-9-19(10-3-1)33-25-15-7-5-12-22(25)27-26(33)17-16-21-20-11-4-6-14-24(20)34-29-23(13-8-18-31-29)32-30(34)28(21)27/h1-18H. The van der Waals surface area contributed by atoms with Crippen LogP contribution in [0.15, 0.2) is 109 Å². The van der Waals surface area contributed by atoms with E-state index in [1.165, 1.54) is 38.0 Å². The Morgan fingerprint density at radius 3 is 2.15 bits per heavy atom. The number of nitrogens with zero attached hydrogens (tertiary/aromatic N) is 4. The van der Waals surface area contributed by atoms with E-state index in [-0.39, 0.29) is 0 Å². The second kappa shape index (κ2) is 6.42. The molecule has 0 N–H and O–H groups in total. The van der Waals surface area contributed by atoms with Crippen LogP contribution in [-0.2, 0) is 0 Å². The van der Waals surface area contributed by atoms with Gasteiger partial charge in [0.1, 0.15) is 11.2 Å². The van der Waals surface area contributed by atoms with Gasteiger partial charge < -0.3 is 4.57 Å². The van der Waals surface area contributed by atoms with Crippen LogP contribution in [0.1, 0.15) is 0 Å². The van der Waals surface area contributed by atoms with E-state index < -0.39 is 0 Å². The molecule has 0 aliphatic rings. The third kappa shape index (κ3) is 2.17. The van der Waals surface area contributed by atoms with Crippen molar-refractivity contribution in [2.24, 2.45) is 0 Å². The van der Waals surface area contributed by atoms with Crippen molar-refractivity contribution in [3.8, 4) is 5.69 Å². The molecule has 0 saturated carbocycles. The van der Waals surface area contributed by atoms with Gasteiger partial charge in [-0.2, -0.15) is 0 Å². The number of hydrogen-bond donors (Lipinski definition) is 0. The van der Waals surface area contributed by atoms with Crippen molar-refractivity contribution in [1.29, 1.82) is 0 Å². The first-order chi connectivity index (χ1) is 16.9. The number of benzene rings is 4. The molecule has 4 heterocycles. The molecule has 0 atom stereocenters.